The number of carbonyl (C=O) groups is 1. The minimum Gasteiger partial charge on any atom is -0.479 e. The first-order valence-corrected chi connectivity index (χ1v) is 8.34. The van der Waals surface area contributed by atoms with Crippen molar-refractivity contribution < 1.29 is 9.53 Å². The Kier molecular flexibility index (Phi) is 4.70. The Labute approximate surface area is 146 Å². The molecule has 1 aliphatic rings. The van der Waals surface area contributed by atoms with Crippen molar-refractivity contribution in [3.8, 4) is 11.8 Å². The van der Waals surface area contributed by atoms with Crippen LogP contribution in [-0.2, 0) is 17.9 Å². The molecule has 0 saturated carbocycles. The third-order valence-corrected chi connectivity index (χ3v) is 4.36. The number of aromatic nitrogens is 3. The predicted molar refractivity (Wildman–Crippen MR) is 90.6 cm³/mol. The summed E-state index contributed by atoms with van der Waals surface area (Å²) in [6.45, 7) is 7.48. The van der Waals surface area contributed by atoms with Gasteiger partial charge in [0.25, 0.3) is 5.91 Å². The number of ether oxygens (including phenoxy) is 1. The number of hydrogen-bond donors (Lipinski definition) is 0. The van der Waals surface area contributed by atoms with E-state index in [2.05, 4.69) is 16.3 Å². The maximum Gasteiger partial charge on any atom is 0.264 e. The Morgan fingerprint density at radius 3 is 2.76 bits per heavy atom. The lowest BCUT2D eigenvalue weighted by atomic mass is 10.0. The van der Waals surface area contributed by atoms with Crippen LogP contribution < -0.4 is 4.74 Å². The van der Waals surface area contributed by atoms with E-state index in [1.54, 1.807) is 29.2 Å². The van der Waals surface area contributed by atoms with E-state index in [1.165, 1.54) is 0 Å². The molecule has 1 unspecified atom stereocenters. The van der Waals surface area contributed by atoms with Crippen LogP contribution in [0.25, 0.3) is 0 Å². The van der Waals surface area contributed by atoms with Gasteiger partial charge in [-0.1, -0.05) is 26.0 Å². The van der Waals surface area contributed by atoms with E-state index < -0.39 is 6.10 Å². The molecular formula is C18H21N5O2. The van der Waals surface area contributed by atoms with Crippen LogP contribution in [0.5, 0.6) is 5.75 Å². The summed E-state index contributed by atoms with van der Waals surface area (Å²) in [6.07, 6.45) is -0.648. The molecule has 2 heterocycles. The molecule has 0 fully saturated rings. The second-order valence-corrected chi connectivity index (χ2v) is 6.47. The molecule has 1 aliphatic heterocycles. The number of nitriles is 1. The van der Waals surface area contributed by atoms with Crippen molar-refractivity contribution in [3.63, 3.8) is 0 Å². The first-order valence-electron chi connectivity index (χ1n) is 8.34. The van der Waals surface area contributed by atoms with Gasteiger partial charge in [0.2, 0.25) is 0 Å². The average Bonchev–Trinajstić information content (AvgIpc) is 2.99. The summed E-state index contributed by atoms with van der Waals surface area (Å²) in [6, 6.07) is 9.08. The molecule has 130 valence electrons. The molecule has 1 aromatic heterocycles. The summed E-state index contributed by atoms with van der Waals surface area (Å²) in [5.74, 6) is 1.97. The molecule has 0 radical (unpaired) electrons. The van der Waals surface area contributed by atoms with Crippen molar-refractivity contribution in [2.45, 2.75) is 40.0 Å². The van der Waals surface area contributed by atoms with Crippen molar-refractivity contribution in [1.82, 2.24) is 19.7 Å². The fourth-order valence-electron chi connectivity index (χ4n) is 2.94. The quantitative estimate of drug-likeness (QED) is 0.849. The minimum absolute atomic E-state index is 0.0271. The number of carbonyl (C=O) groups excluding carboxylic acids is 1. The number of nitrogens with zero attached hydrogens (tertiary/aromatic N) is 5. The molecule has 7 nitrogen and oxygen atoms in total. The van der Waals surface area contributed by atoms with Crippen molar-refractivity contribution in [3.05, 3.63) is 41.5 Å². The molecule has 0 aliphatic carbocycles. The van der Waals surface area contributed by atoms with Crippen LogP contribution in [0.15, 0.2) is 24.3 Å². The topological polar surface area (TPSA) is 84.0 Å². The lowest BCUT2D eigenvalue weighted by Crippen LogP contribution is -2.47. The van der Waals surface area contributed by atoms with Gasteiger partial charge in [-0.2, -0.15) is 5.26 Å². The van der Waals surface area contributed by atoms with Gasteiger partial charge in [0.15, 0.2) is 11.9 Å². The van der Waals surface area contributed by atoms with Crippen molar-refractivity contribution in [2.75, 3.05) is 6.54 Å². The molecule has 1 amide bonds. The van der Waals surface area contributed by atoms with E-state index in [9.17, 15) is 10.1 Å². The zero-order chi connectivity index (χ0) is 18.0. The van der Waals surface area contributed by atoms with Gasteiger partial charge in [0.05, 0.1) is 12.1 Å². The summed E-state index contributed by atoms with van der Waals surface area (Å²) >= 11 is 0. The fraction of sp³-hybridized carbons (Fsp3) is 0.444. The number of hydrogen-bond acceptors (Lipinski definition) is 5. The molecule has 25 heavy (non-hydrogen) atoms. The highest BCUT2D eigenvalue weighted by Gasteiger charge is 2.32. The highest BCUT2D eigenvalue weighted by molar-refractivity contribution is 5.81. The summed E-state index contributed by atoms with van der Waals surface area (Å²) in [5.41, 5.74) is 0.426. The second-order valence-electron chi connectivity index (χ2n) is 6.47. The number of fused-ring (bicyclic) bond motifs is 1. The Hall–Kier alpha value is -2.88. The van der Waals surface area contributed by atoms with Gasteiger partial charge in [0.1, 0.15) is 17.6 Å². The second kappa shape index (κ2) is 6.93. The third-order valence-electron chi connectivity index (χ3n) is 4.36. The molecule has 2 aromatic rings. The largest absolute Gasteiger partial charge is 0.479 e. The fourth-order valence-corrected chi connectivity index (χ4v) is 2.94. The van der Waals surface area contributed by atoms with Crippen LogP contribution in [-0.4, -0.2) is 38.2 Å². The normalized spacial score (nSPS) is 14.8. The zero-order valence-corrected chi connectivity index (χ0v) is 14.6. The van der Waals surface area contributed by atoms with Gasteiger partial charge in [-0.25, -0.2) is 0 Å². The molecule has 0 N–H and O–H groups in total. The average molecular weight is 339 g/mol. The summed E-state index contributed by atoms with van der Waals surface area (Å²) in [5, 5.41) is 17.4. The third kappa shape index (κ3) is 3.33. The number of benzene rings is 1. The Bertz CT molecular complexity index is 821. The maximum absolute atomic E-state index is 13.0. The van der Waals surface area contributed by atoms with Gasteiger partial charge in [-0.3, -0.25) is 4.79 Å². The van der Waals surface area contributed by atoms with Crippen LogP contribution in [0, 0.1) is 24.2 Å². The first kappa shape index (κ1) is 17.0. The Morgan fingerprint density at radius 2 is 2.04 bits per heavy atom. The molecule has 0 saturated heterocycles. The summed E-state index contributed by atoms with van der Waals surface area (Å²) < 4.78 is 7.98. The minimum atomic E-state index is -0.648. The highest BCUT2D eigenvalue weighted by Crippen LogP contribution is 2.23. The number of amides is 1. The van der Waals surface area contributed by atoms with Crippen molar-refractivity contribution in [1.29, 1.82) is 5.26 Å². The van der Waals surface area contributed by atoms with Gasteiger partial charge in [0, 0.05) is 13.1 Å². The zero-order valence-electron chi connectivity index (χ0n) is 14.6. The van der Waals surface area contributed by atoms with E-state index in [1.807, 2.05) is 25.3 Å². The van der Waals surface area contributed by atoms with Gasteiger partial charge < -0.3 is 14.2 Å². The Morgan fingerprint density at radius 1 is 1.28 bits per heavy atom. The van der Waals surface area contributed by atoms with E-state index in [0.717, 1.165) is 11.6 Å². The smallest absolute Gasteiger partial charge is 0.264 e. The van der Waals surface area contributed by atoms with E-state index in [4.69, 9.17) is 4.74 Å². The predicted octanol–water partition coefficient (Wildman–Crippen LogP) is 1.90. The van der Waals surface area contributed by atoms with Crippen molar-refractivity contribution in [2.24, 2.45) is 5.92 Å². The molecule has 0 spiro atoms. The highest BCUT2D eigenvalue weighted by atomic mass is 16.5. The van der Waals surface area contributed by atoms with Crippen molar-refractivity contribution >= 4 is 5.91 Å². The summed E-state index contributed by atoms with van der Waals surface area (Å²) in [7, 11) is 0. The Balaban J connectivity index is 1.79. The number of rotatable bonds is 4. The van der Waals surface area contributed by atoms with Gasteiger partial charge in [-0.15, -0.1) is 10.2 Å². The van der Waals surface area contributed by atoms with Crippen LogP contribution >= 0.6 is 0 Å². The van der Waals surface area contributed by atoms with E-state index >= 15 is 0 Å². The molecular weight excluding hydrogens is 318 g/mol. The molecule has 1 aromatic carbocycles. The van der Waals surface area contributed by atoms with Crippen LogP contribution in [0.2, 0.25) is 0 Å². The van der Waals surface area contributed by atoms with Gasteiger partial charge >= 0.3 is 0 Å². The first-order chi connectivity index (χ1) is 12.0. The number of aryl methyl sites for hydroxylation is 1. The lowest BCUT2D eigenvalue weighted by molar-refractivity contribution is -0.142. The lowest BCUT2D eigenvalue weighted by Gasteiger charge is -2.32. The monoisotopic (exact) mass is 339 g/mol. The molecule has 0 bridgehead atoms. The van der Waals surface area contributed by atoms with Gasteiger partial charge in [-0.05, 0) is 25.0 Å². The summed E-state index contributed by atoms with van der Waals surface area (Å²) in [4.78, 5) is 14.8. The molecule has 3 rings (SSSR count). The number of para-hydroxylation sites is 1. The van der Waals surface area contributed by atoms with Crippen LogP contribution in [0.1, 0.15) is 31.1 Å². The van der Waals surface area contributed by atoms with E-state index in [0.29, 0.717) is 30.9 Å². The SMILES string of the molecule is Cc1nnc2n1CCN(C(=O)C(Oc1ccccc1C#N)C(C)C)C2. The molecule has 1 atom stereocenters. The standard InChI is InChI=1S/C18H21N5O2/c1-12(2)17(25-15-7-5-4-6-14(15)10-19)18(24)22-8-9-23-13(3)20-21-16(23)11-22/h4-7,12,17H,8-9,11H2,1-3H3. The van der Waals surface area contributed by atoms with Crippen LogP contribution in [0.3, 0.4) is 0 Å². The van der Waals surface area contributed by atoms with E-state index in [-0.39, 0.29) is 11.8 Å². The van der Waals surface area contributed by atoms with Crippen LogP contribution in [0.4, 0.5) is 0 Å². The maximum atomic E-state index is 13.0. The molecule has 7 heteroatoms.